The van der Waals surface area contributed by atoms with Crippen LogP contribution in [0, 0.1) is 5.82 Å². The number of piperidine rings is 2. The summed E-state index contributed by atoms with van der Waals surface area (Å²) < 4.78 is 25.4. The molecule has 2 aromatic carbocycles. The predicted molar refractivity (Wildman–Crippen MR) is 152 cm³/mol. The van der Waals surface area contributed by atoms with E-state index in [1.807, 2.05) is 6.07 Å². The second-order valence-electron chi connectivity index (χ2n) is 9.62. The van der Waals surface area contributed by atoms with E-state index in [4.69, 9.17) is 26.1 Å². The monoisotopic (exact) mass is 553 g/mol. The highest BCUT2D eigenvalue weighted by Gasteiger charge is 2.20. The number of halogens is 2. The molecule has 0 aliphatic carbocycles. The number of aromatic nitrogens is 3. The molecule has 2 saturated heterocycles. The van der Waals surface area contributed by atoms with Gasteiger partial charge in [-0.15, -0.1) is 0 Å². The Kier molecular flexibility index (Phi) is 8.93. The van der Waals surface area contributed by atoms with E-state index in [2.05, 4.69) is 30.3 Å². The molecule has 0 saturated carbocycles. The summed E-state index contributed by atoms with van der Waals surface area (Å²) in [7, 11) is 1.55. The molecule has 0 radical (unpaired) electrons. The van der Waals surface area contributed by atoms with Crippen molar-refractivity contribution in [2.45, 2.75) is 45.1 Å². The van der Waals surface area contributed by atoms with Crippen molar-refractivity contribution < 1.29 is 13.9 Å². The van der Waals surface area contributed by atoms with Crippen molar-refractivity contribution in [3.8, 4) is 11.5 Å². The lowest BCUT2D eigenvalue weighted by Gasteiger charge is -2.30. The number of hydrogen-bond acceptors (Lipinski definition) is 9. The fourth-order valence-electron chi connectivity index (χ4n) is 4.74. The minimum Gasteiger partial charge on any atom is -0.493 e. The first-order valence-electron chi connectivity index (χ1n) is 13.4. The smallest absolute Gasteiger partial charge is 0.250 e. The lowest BCUT2D eigenvalue weighted by atomic mass is 10.1. The Labute approximate surface area is 233 Å². The van der Waals surface area contributed by atoms with Gasteiger partial charge in [-0.25, -0.2) is 9.82 Å². The van der Waals surface area contributed by atoms with E-state index in [0.717, 1.165) is 57.4 Å². The van der Waals surface area contributed by atoms with Crippen LogP contribution in [0.15, 0.2) is 41.5 Å². The number of hydrazone groups is 1. The van der Waals surface area contributed by atoms with Gasteiger partial charge in [0.05, 0.1) is 18.3 Å². The van der Waals surface area contributed by atoms with Crippen LogP contribution >= 0.6 is 11.6 Å². The third-order valence-electron chi connectivity index (χ3n) is 6.89. The largest absolute Gasteiger partial charge is 0.493 e. The standard InChI is InChI=1S/C28H33ClFN7O2/c1-38-25-17-20(11-12-24(25)39-19-21-22(29)9-8-10-23(21)30)18-31-35-26-32-27(36-13-4-2-5-14-36)34-28(33-26)37-15-6-3-7-16-37/h8-12,17-18H,2-7,13-16,19H2,1H3,(H,32,33,34,35)/b31-18-. The lowest BCUT2D eigenvalue weighted by molar-refractivity contribution is 0.280. The molecular weight excluding hydrogens is 521 g/mol. The fraction of sp³-hybridized carbons (Fsp3) is 0.429. The van der Waals surface area contributed by atoms with Gasteiger partial charge in [0, 0.05) is 31.7 Å². The van der Waals surface area contributed by atoms with Crippen LogP contribution in [0.2, 0.25) is 5.02 Å². The molecule has 5 rings (SSSR count). The van der Waals surface area contributed by atoms with Crippen molar-refractivity contribution in [2.24, 2.45) is 5.10 Å². The highest BCUT2D eigenvalue weighted by molar-refractivity contribution is 6.31. The summed E-state index contributed by atoms with van der Waals surface area (Å²) in [5.74, 6) is 2.35. The van der Waals surface area contributed by atoms with E-state index in [1.165, 1.54) is 18.9 Å². The van der Waals surface area contributed by atoms with E-state index in [0.29, 0.717) is 39.9 Å². The van der Waals surface area contributed by atoms with Gasteiger partial charge in [-0.3, -0.25) is 0 Å². The van der Waals surface area contributed by atoms with Crippen LogP contribution in [0.25, 0.3) is 0 Å². The molecule has 0 spiro atoms. The molecule has 0 atom stereocenters. The zero-order valence-electron chi connectivity index (χ0n) is 22.1. The summed E-state index contributed by atoms with van der Waals surface area (Å²) in [4.78, 5) is 18.6. The first-order chi connectivity index (χ1) is 19.1. The average Bonchev–Trinajstić information content (AvgIpc) is 2.98. The Morgan fingerprint density at radius 3 is 2.21 bits per heavy atom. The summed E-state index contributed by atoms with van der Waals surface area (Å²) in [6.07, 6.45) is 8.69. The van der Waals surface area contributed by atoms with Crippen molar-refractivity contribution >= 4 is 35.7 Å². The fourth-order valence-corrected chi connectivity index (χ4v) is 4.96. The Morgan fingerprint density at radius 2 is 1.59 bits per heavy atom. The molecule has 0 bridgehead atoms. The Balaban J connectivity index is 1.29. The molecule has 0 amide bonds. The molecule has 2 aliphatic rings. The zero-order chi connectivity index (χ0) is 27.0. The number of ether oxygens (including phenoxy) is 2. The number of anilines is 3. The topological polar surface area (TPSA) is 88.0 Å². The van der Waals surface area contributed by atoms with Crippen LogP contribution in [0.1, 0.15) is 49.7 Å². The van der Waals surface area contributed by atoms with Crippen molar-refractivity contribution in [3.63, 3.8) is 0 Å². The van der Waals surface area contributed by atoms with Gasteiger partial charge in [0.15, 0.2) is 11.5 Å². The summed E-state index contributed by atoms with van der Waals surface area (Å²) in [5, 5.41) is 4.69. The maximum Gasteiger partial charge on any atom is 0.250 e. The first kappa shape index (κ1) is 26.9. The number of benzene rings is 2. The normalized spacial score (nSPS) is 16.0. The first-order valence-corrected chi connectivity index (χ1v) is 13.8. The summed E-state index contributed by atoms with van der Waals surface area (Å²) in [6, 6.07) is 9.91. The van der Waals surface area contributed by atoms with Crippen LogP contribution < -0.4 is 24.7 Å². The molecule has 3 heterocycles. The number of methoxy groups -OCH3 is 1. The van der Waals surface area contributed by atoms with Crippen molar-refractivity contribution in [1.29, 1.82) is 0 Å². The minimum atomic E-state index is -0.415. The minimum absolute atomic E-state index is 0.0189. The summed E-state index contributed by atoms with van der Waals surface area (Å²) in [5.41, 5.74) is 4.06. The molecule has 1 N–H and O–H groups in total. The molecule has 3 aromatic rings. The van der Waals surface area contributed by atoms with Crippen LogP contribution in [0.4, 0.5) is 22.2 Å². The number of nitrogens with one attached hydrogen (secondary N) is 1. The van der Waals surface area contributed by atoms with Crippen molar-refractivity contribution in [2.75, 3.05) is 48.5 Å². The van der Waals surface area contributed by atoms with Crippen molar-refractivity contribution in [1.82, 2.24) is 15.0 Å². The van der Waals surface area contributed by atoms with Gasteiger partial charge < -0.3 is 19.3 Å². The van der Waals surface area contributed by atoms with Gasteiger partial charge in [0.1, 0.15) is 12.4 Å². The third-order valence-corrected chi connectivity index (χ3v) is 7.24. The summed E-state index contributed by atoms with van der Waals surface area (Å²) in [6.45, 7) is 3.77. The van der Waals surface area contributed by atoms with E-state index in [9.17, 15) is 4.39 Å². The third kappa shape index (κ3) is 6.86. The number of rotatable bonds is 9. The molecule has 39 heavy (non-hydrogen) atoms. The molecular formula is C28H33ClFN7O2. The van der Waals surface area contributed by atoms with Crippen LogP contribution in [-0.4, -0.2) is 54.5 Å². The van der Waals surface area contributed by atoms with E-state index < -0.39 is 5.82 Å². The second kappa shape index (κ2) is 12.9. The van der Waals surface area contributed by atoms with E-state index in [-0.39, 0.29) is 6.61 Å². The maximum atomic E-state index is 14.1. The number of hydrogen-bond donors (Lipinski definition) is 1. The van der Waals surface area contributed by atoms with Crippen molar-refractivity contribution in [3.05, 3.63) is 58.4 Å². The highest BCUT2D eigenvalue weighted by atomic mass is 35.5. The molecule has 11 heteroatoms. The highest BCUT2D eigenvalue weighted by Crippen LogP contribution is 2.30. The molecule has 2 aliphatic heterocycles. The van der Waals surface area contributed by atoms with Gasteiger partial charge in [0.25, 0.3) is 0 Å². The van der Waals surface area contributed by atoms with Gasteiger partial charge in [-0.1, -0.05) is 17.7 Å². The molecule has 1 aromatic heterocycles. The quantitative estimate of drug-likeness (QED) is 0.267. The Bertz CT molecular complexity index is 1240. The number of nitrogens with zero attached hydrogens (tertiary/aromatic N) is 6. The van der Waals surface area contributed by atoms with E-state index >= 15 is 0 Å². The average molecular weight is 554 g/mol. The molecule has 9 nitrogen and oxygen atoms in total. The van der Waals surface area contributed by atoms with Crippen LogP contribution in [0.5, 0.6) is 11.5 Å². The molecule has 2 fully saturated rings. The Morgan fingerprint density at radius 1 is 0.923 bits per heavy atom. The predicted octanol–water partition coefficient (Wildman–Crippen LogP) is 5.68. The SMILES string of the molecule is COc1cc(/C=N\Nc2nc(N3CCCCC3)nc(N3CCCCC3)n2)ccc1OCc1c(F)cccc1Cl. The Hall–Kier alpha value is -3.66. The summed E-state index contributed by atoms with van der Waals surface area (Å²) >= 11 is 6.11. The van der Waals surface area contributed by atoms with E-state index in [1.54, 1.807) is 37.6 Å². The zero-order valence-corrected chi connectivity index (χ0v) is 22.8. The molecule has 206 valence electrons. The van der Waals surface area contributed by atoms with Gasteiger partial charge in [-0.2, -0.15) is 20.1 Å². The van der Waals surface area contributed by atoms with Crippen LogP contribution in [0.3, 0.4) is 0 Å². The lowest BCUT2D eigenvalue weighted by Crippen LogP contribution is -2.34. The maximum absolute atomic E-state index is 14.1. The van der Waals surface area contributed by atoms with Crippen LogP contribution in [-0.2, 0) is 6.61 Å². The second-order valence-corrected chi connectivity index (χ2v) is 10.0. The van der Waals surface area contributed by atoms with Gasteiger partial charge >= 0.3 is 0 Å². The molecule has 0 unspecified atom stereocenters. The van der Waals surface area contributed by atoms with Gasteiger partial charge in [0.2, 0.25) is 17.8 Å². The van der Waals surface area contributed by atoms with Gasteiger partial charge in [-0.05, 0) is 74.4 Å².